The smallest absolute Gasteiger partial charge is 0.244 e. The quantitative estimate of drug-likeness (QED) is 0.672. The molecule has 0 radical (unpaired) electrons. The van der Waals surface area contributed by atoms with Gasteiger partial charge in [-0.3, -0.25) is 4.79 Å². The molecule has 0 fully saturated rings. The first-order chi connectivity index (χ1) is 7.25. The monoisotopic (exact) mass is 207 g/mol. The highest BCUT2D eigenvalue weighted by Crippen LogP contribution is 2.02. The molecule has 0 aromatic carbocycles. The Bertz CT molecular complexity index is 384. The van der Waals surface area contributed by atoms with E-state index in [1.165, 1.54) is 11.0 Å². The third-order valence-corrected chi connectivity index (χ3v) is 2.26. The van der Waals surface area contributed by atoms with E-state index in [1.807, 2.05) is 6.08 Å². The van der Waals surface area contributed by atoms with Crippen molar-refractivity contribution in [2.75, 3.05) is 18.8 Å². The number of hydrogen-bond acceptors (Lipinski definition) is 4. The van der Waals surface area contributed by atoms with Gasteiger partial charge >= 0.3 is 0 Å². The van der Waals surface area contributed by atoms with Crippen LogP contribution in [0.2, 0.25) is 0 Å². The fourth-order valence-corrected chi connectivity index (χ4v) is 1.49. The van der Waals surface area contributed by atoms with E-state index >= 15 is 0 Å². The Kier molecular flexibility index (Phi) is 2.66. The molecule has 1 aliphatic rings. The summed E-state index contributed by atoms with van der Waals surface area (Å²) in [6.45, 7) is 1.67. The molecule has 1 aliphatic heterocycles. The van der Waals surface area contributed by atoms with E-state index in [-0.39, 0.29) is 18.4 Å². The molecule has 2 heterocycles. The van der Waals surface area contributed by atoms with Crippen molar-refractivity contribution in [2.45, 2.75) is 13.0 Å². The SMILES string of the molecule is Nc1ncn(CC(=O)N2CC=CCC2)n1. The van der Waals surface area contributed by atoms with Gasteiger partial charge in [0.05, 0.1) is 0 Å². The molecule has 2 rings (SSSR count). The van der Waals surface area contributed by atoms with Crippen molar-refractivity contribution in [1.82, 2.24) is 19.7 Å². The van der Waals surface area contributed by atoms with E-state index < -0.39 is 0 Å². The van der Waals surface area contributed by atoms with Gasteiger partial charge in [0.25, 0.3) is 0 Å². The Morgan fingerprint density at radius 3 is 3.00 bits per heavy atom. The Hall–Kier alpha value is -1.85. The Balaban J connectivity index is 1.94. The van der Waals surface area contributed by atoms with Crippen molar-refractivity contribution in [3.8, 4) is 0 Å². The number of carbonyl (C=O) groups excluding carboxylic acids is 1. The molecule has 0 saturated heterocycles. The van der Waals surface area contributed by atoms with E-state index in [9.17, 15) is 4.79 Å². The van der Waals surface area contributed by atoms with Gasteiger partial charge in [0.15, 0.2) is 0 Å². The van der Waals surface area contributed by atoms with E-state index in [0.29, 0.717) is 6.54 Å². The number of anilines is 1. The number of aromatic nitrogens is 3. The standard InChI is InChI=1S/C9H13N5O/c10-9-11-7-14(12-9)6-8(15)13-4-2-1-3-5-13/h1-2,7H,3-6H2,(H2,10,12). The first-order valence-corrected chi connectivity index (χ1v) is 4.83. The molecule has 6 heteroatoms. The average Bonchev–Trinajstić information content (AvgIpc) is 2.65. The van der Waals surface area contributed by atoms with Crippen molar-refractivity contribution in [1.29, 1.82) is 0 Å². The molecule has 0 atom stereocenters. The summed E-state index contributed by atoms with van der Waals surface area (Å²) in [7, 11) is 0. The summed E-state index contributed by atoms with van der Waals surface area (Å²) < 4.78 is 1.45. The molecule has 2 N–H and O–H groups in total. The minimum atomic E-state index is 0.0456. The van der Waals surface area contributed by atoms with Gasteiger partial charge in [-0.15, -0.1) is 5.10 Å². The topological polar surface area (TPSA) is 77.0 Å². The Morgan fingerprint density at radius 1 is 1.53 bits per heavy atom. The highest BCUT2D eigenvalue weighted by atomic mass is 16.2. The van der Waals surface area contributed by atoms with Crippen LogP contribution in [-0.4, -0.2) is 38.7 Å². The number of carbonyl (C=O) groups is 1. The second-order valence-electron chi connectivity index (χ2n) is 3.40. The van der Waals surface area contributed by atoms with Crippen molar-refractivity contribution in [2.24, 2.45) is 0 Å². The summed E-state index contributed by atoms with van der Waals surface area (Å²) in [5.41, 5.74) is 5.35. The minimum Gasteiger partial charge on any atom is -0.367 e. The van der Waals surface area contributed by atoms with Crippen molar-refractivity contribution < 1.29 is 4.79 Å². The largest absolute Gasteiger partial charge is 0.367 e. The zero-order valence-electron chi connectivity index (χ0n) is 8.33. The van der Waals surface area contributed by atoms with Gasteiger partial charge in [0.2, 0.25) is 11.9 Å². The van der Waals surface area contributed by atoms with Crippen LogP contribution in [0.15, 0.2) is 18.5 Å². The summed E-state index contributed by atoms with van der Waals surface area (Å²) in [6, 6.07) is 0. The lowest BCUT2D eigenvalue weighted by Gasteiger charge is -2.23. The third-order valence-electron chi connectivity index (χ3n) is 2.26. The number of nitrogen functional groups attached to an aromatic ring is 1. The van der Waals surface area contributed by atoms with E-state index in [0.717, 1.165) is 13.0 Å². The van der Waals surface area contributed by atoms with Gasteiger partial charge in [-0.1, -0.05) is 12.2 Å². The van der Waals surface area contributed by atoms with Crippen LogP contribution in [0.4, 0.5) is 5.95 Å². The summed E-state index contributed by atoms with van der Waals surface area (Å²) in [5, 5.41) is 3.86. The van der Waals surface area contributed by atoms with Crippen molar-refractivity contribution in [3.05, 3.63) is 18.5 Å². The van der Waals surface area contributed by atoms with Crippen molar-refractivity contribution in [3.63, 3.8) is 0 Å². The van der Waals surface area contributed by atoms with Gasteiger partial charge in [-0.05, 0) is 6.42 Å². The number of rotatable bonds is 2. The number of amides is 1. The lowest BCUT2D eigenvalue weighted by atomic mass is 10.2. The van der Waals surface area contributed by atoms with Gasteiger partial charge in [-0.2, -0.15) is 0 Å². The van der Waals surface area contributed by atoms with Crippen LogP contribution in [0.5, 0.6) is 0 Å². The highest BCUT2D eigenvalue weighted by Gasteiger charge is 2.14. The summed E-state index contributed by atoms with van der Waals surface area (Å²) >= 11 is 0. The third kappa shape index (κ3) is 2.34. The van der Waals surface area contributed by atoms with E-state index in [4.69, 9.17) is 5.73 Å². The van der Waals surface area contributed by atoms with Gasteiger partial charge < -0.3 is 10.6 Å². The summed E-state index contributed by atoms with van der Waals surface area (Å²) in [6.07, 6.45) is 6.46. The Morgan fingerprint density at radius 2 is 2.40 bits per heavy atom. The second kappa shape index (κ2) is 4.12. The fraction of sp³-hybridized carbons (Fsp3) is 0.444. The van der Waals surface area contributed by atoms with Gasteiger partial charge in [0, 0.05) is 13.1 Å². The number of hydrogen-bond donors (Lipinski definition) is 1. The highest BCUT2D eigenvalue weighted by molar-refractivity contribution is 5.76. The van der Waals surface area contributed by atoms with Crippen LogP contribution in [0.1, 0.15) is 6.42 Å². The van der Waals surface area contributed by atoms with Crippen LogP contribution in [-0.2, 0) is 11.3 Å². The molecule has 15 heavy (non-hydrogen) atoms. The molecule has 0 aliphatic carbocycles. The van der Waals surface area contributed by atoms with Crippen LogP contribution in [0.25, 0.3) is 0 Å². The molecule has 0 saturated carbocycles. The van der Waals surface area contributed by atoms with Crippen molar-refractivity contribution >= 4 is 11.9 Å². The zero-order chi connectivity index (χ0) is 10.7. The average molecular weight is 207 g/mol. The normalized spacial score (nSPS) is 15.6. The predicted octanol–water partition coefficient (Wildman–Crippen LogP) is -0.351. The van der Waals surface area contributed by atoms with Crippen LogP contribution >= 0.6 is 0 Å². The van der Waals surface area contributed by atoms with Gasteiger partial charge in [0.1, 0.15) is 12.9 Å². The molecule has 1 aromatic rings. The molecule has 1 aromatic heterocycles. The molecule has 80 valence electrons. The maximum atomic E-state index is 11.7. The Labute approximate surface area is 87.4 Å². The lowest BCUT2D eigenvalue weighted by molar-refractivity contribution is -0.131. The molecular weight excluding hydrogens is 194 g/mol. The minimum absolute atomic E-state index is 0.0456. The first kappa shape index (κ1) is 9.70. The molecular formula is C9H13N5O. The number of nitrogens with zero attached hydrogens (tertiary/aromatic N) is 4. The zero-order valence-corrected chi connectivity index (χ0v) is 8.33. The maximum absolute atomic E-state index is 11.7. The van der Waals surface area contributed by atoms with Crippen LogP contribution < -0.4 is 5.73 Å². The maximum Gasteiger partial charge on any atom is 0.244 e. The second-order valence-corrected chi connectivity index (χ2v) is 3.40. The van der Waals surface area contributed by atoms with Crippen LogP contribution in [0.3, 0.4) is 0 Å². The molecule has 0 spiro atoms. The molecule has 0 bridgehead atoms. The lowest BCUT2D eigenvalue weighted by Crippen LogP contribution is -2.36. The summed E-state index contributed by atoms with van der Waals surface area (Å²) in [5.74, 6) is 0.241. The van der Waals surface area contributed by atoms with Gasteiger partial charge in [-0.25, -0.2) is 9.67 Å². The summed E-state index contributed by atoms with van der Waals surface area (Å²) in [4.78, 5) is 17.3. The predicted molar refractivity (Wildman–Crippen MR) is 54.8 cm³/mol. The number of nitrogens with two attached hydrogens (primary N) is 1. The van der Waals surface area contributed by atoms with E-state index in [2.05, 4.69) is 16.2 Å². The molecule has 0 unspecified atom stereocenters. The first-order valence-electron chi connectivity index (χ1n) is 4.83. The van der Waals surface area contributed by atoms with Crippen LogP contribution in [0, 0.1) is 0 Å². The molecule has 1 amide bonds. The van der Waals surface area contributed by atoms with E-state index in [1.54, 1.807) is 4.90 Å². The fourth-order valence-electron chi connectivity index (χ4n) is 1.49. The molecule has 6 nitrogen and oxygen atoms in total.